The fraction of sp³-hybridized carbons (Fsp3) is 0. The molecule has 0 aromatic carbocycles. The lowest BCUT2D eigenvalue weighted by atomic mass is 10.3. The number of carbonyl (C=O) groups is 1. The standard InChI is InChI=1S/C6H3ClFNO2/c7-5-1-3(6(10)11)4(8)2-9-5/h1-2H,(H,10,11). The lowest BCUT2D eigenvalue weighted by Gasteiger charge is -1.95. The summed E-state index contributed by atoms with van der Waals surface area (Å²) >= 11 is 5.32. The van der Waals surface area contributed by atoms with Gasteiger partial charge >= 0.3 is 5.97 Å². The Hall–Kier alpha value is -1.16. The average Bonchev–Trinajstić information content (AvgIpc) is 1.94. The largest absolute Gasteiger partial charge is 0.478 e. The Morgan fingerprint density at radius 1 is 1.73 bits per heavy atom. The van der Waals surface area contributed by atoms with Crippen molar-refractivity contribution in [1.29, 1.82) is 0 Å². The fourth-order valence-electron chi connectivity index (χ4n) is 0.577. The number of aromatic nitrogens is 1. The number of aromatic carboxylic acids is 1. The molecular formula is C6H3ClFNO2. The summed E-state index contributed by atoms with van der Waals surface area (Å²) in [4.78, 5) is 13.6. The molecule has 1 rings (SSSR count). The smallest absolute Gasteiger partial charge is 0.338 e. The Kier molecular flexibility index (Phi) is 2.05. The Bertz CT molecular complexity index is 303. The van der Waals surface area contributed by atoms with Crippen LogP contribution >= 0.6 is 11.6 Å². The molecule has 11 heavy (non-hydrogen) atoms. The maximum atomic E-state index is 12.5. The Morgan fingerprint density at radius 3 is 2.82 bits per heavy atom. The van der Waals surface area contributed by atoms with Gasteiger partial charge in [-0.15, -0.1) is 0 Å². The number of nitrogens with zero attached hydrogens (tertiary/aromatic N) is 1. The van der Waals surface area contributed by atoms with E-state index in [1.54, 1.807) is 0 Å². The van der Waals surface area contributed by atoms with E-state index in [1.165, 1.54) is 0 Å². The average molecular weight is 176 g/mol. The molecule has 0 saturated carbocycles. The van der Waals surface area contributed by atoms with E-state index < -0.39 is 17.3 Å². The predicted molar refractivity (Wildman–Crippen MR) is 36.2 cm³/mol. The molecule has 0 radical (unpaired) electrons. The Balaban J connectivity index is 3.23. The lowest BCUT2D eigenvalue weighted by Crippen LogP contribution is -2.00. The number of pyridine rings is 1. The van der Waals surface area contributed by atoms with E-state index in [0.717, 1.165) is 12.3 Å². The van der Waals surface area contributed by atoms with Crippen molar-refractivity contribution >= 4 is 17.6 Å². The second-order valence-corrected chi connectivity index (χ2v) is 2.18. The molecule has 1 heterocycles. The van der Waals surface area contributed by atoms with E-state index in [2.05, 4.69) is 4.98 Å². The zero-order valence-corrected chi connectivity index (χ0v) is 5.97. The molecule has 0 fully saturated rings. The number of carboxylic acids is 1. The number of carboxylic acid groups (broad SMARTS) is 1. The summed E-state index contributed by atoms with van der Waals surface area (Å²) in [6, 6.07) is 0.958. The van der Waals surface area contributed by atoms with Gasteiger partial charge in [0, 0.05) is 0 Å². The fourth-order valence-corrected chi connectivity index (χ4v) is 0.735. The summed E-state index contributed by atoms with van der Waals surface area (Å²) < 4.78 is 12.5. The lowest BCUT2D eigenvalue weighted by molar-refractivity contribution is 0.0691. The molecule has 0 aliphatic carbocycles. The van der Waals surface area contributed by atoms with Crippen molar-refractivity contribution in [2.75, 3.05) is 0 Å². The van der Waals surface area contributed by atoms with Crippen LogP contribution < -0.4 is 0 Å². The van der Waals surface area contributed by atoms with Gasteiger partial charge in [0.1, 0.15) is 5.15 Å². The van der Waals surface area contributed by atoms with Crippen LogP contribution in [-0.4, -0.2) is 16.1 Å². The van der Waals surface area contributed by atoms with Crippen molar-refractivity contribution in [3.8, 4) is 0 Å². The SMILES string of the molecule is O=C(O)c1cc(Cl)ncc1F. The normalized spacial score (nSPS) is 9.64. The Labute approximate surface area is 66.4 Å². The first kappa shape index (κ1) is 7.94. The molecule has 1 N–H and O–H groups in total. The van der Waals surface area contributed by atoms with E-state index in [-0.39, 0.29) is 5.15 Å². The number of hydrogen-bond acceptors (Lipinski definition) is 2. The Morgan fingerprint density at radius 2 is 2.36 bits per heavy atom. The van der Waals surface area contributed by atoms with Crippen LogP contribution in [0.15, 0.2) is 12.3 Å². The quantitative estimate of drug-likeness (QED) is 0.660. The summed E-state index contributed by atoms with van der Waals surface area (Å²) in [5, 5.41) is 8.33. The summed E-state index contributed by atoms with van der Waals surface area (Å²) in [6.07, 6.45) is 0.770. The second kappa shape index (κ2) is 2.84. The third kappa shape index (κ3) is 1.65. The van der Waals surface area contributed by atoms with Gasteiger partial charge in [0.05, 0.1) is 11.8 Å². The molecule has 0 atom stereocenters. The highest BCUT2D eigenvalue weighted by Crippen LogP contribution is 2.10. The first-order valence-electron chi connectivity index (χ1n) is 2.65. The molecule has 0 aliphatic heterocycles. The van der Waals surface area contributed by atoms with Gasteiger partial charge in [-0.05, 0) is 6.07 Å². The number of rotatable bonds is 1. The van der Waals surface area contributed by atoms with Crippen LogP contribution in [0.1, 0.15) is 10.4 Å². The van der Waals surface area contributed by atoms with E-state index >= 15 is 0 Å². The van der Waals surface area contributed by atoms with Crippen LogP contribution in [-0.2, 0) is 0 Å². The van der Waals surface area contributed by atoms with Gasteiger partial charge in [0.15, 0.2) is 5.82 Å². The molecular weight excluding hydrogens is 173 g/mol. The van der Waals surface area contributed by atoms with Gasteiger partial charge in [-0.25, -0.2) is 14.2 Å². The van der Waals surface area contributed by atoms with Crippen molar-refractivity contribution in [2.45, 2.75) is 0 Å². The first-order valence-corrected chi connectivity index (χ1v) is 3.03. The zero-order valence-electron chi connectivity index (χ0n) is 5.21. The van der Waals surface area contributed by atoms with E-state index in [9.17, 15) is 9.18 Å². The molecule has 0 saturated heterocycles. The number of hydrogen-bond donors (Lipinski definition) is 1. The van der Waals surface area contributed by atoms with Gasteiger partial charge < -0.3 is 5.11 Å². The molecule has 58 valence electrons. The molecule has 0 unspecified atom stereocenters. The van der Waals surface area contributed by atoms with E-state index in [0.29, 0.717) is 0 Å². The summed E-state index contributed by atoms with van der Waals surface area (Å²) in [5.74, 6) is -2.24. The molecule has 0 amide bonds. The third-order valence-corrected chi connectivity index (χ3v) is 1.26. The van der Waals surface area contributed by atoms with Crippen molar-refractivity contribution in [3.05, 3.63) is 28.8 Å². The number of halogens is 2. The highest BCUT2D eigenvalue weighted by Gasteiger charge is 2.10. The van der Waals surface area contributed by atoms with Crippen molar-refractivity contribution in [1.82, 2.24) is 4.98 Å². The highest BCUT2D eigenvalue weighted by atomic mass is 35.5. The van der Waals surface area contributed by atoms with Gasteiger partial charge in [0.2, 0.25) is 0 Å². The zero-order chi connectivity index (χ0) is 8.43. The maximum absolute atomic E-state index is 12.5. The van der Waals surface area contributed by atoms with Gasteiger partial charge in [0.25, 0.3) is 0 Å². The minimum absolute atomic E-state index is 0.0381. The molecule has 1 aromatic rings. The molecule has 0 bridgehead atoms. The van der Waals surface area contributed by atoms with Crippen LogP contribution in [0.2, 0.25) is 5.15 Å². The van der Waals surface area contributed by atoms with Gasteiger partial charge in [-0.2, -0.15) is 0 Å². The van der Waals surface area contributed by atoms with Crippen LogP contribution in [0.25, 0.3) is 0 Å². The van der Waals surface area contributed by atoms with Crippen molar-refractivity contribution < 1.29 is 14.3 Å². The monoisotopic (exact) mass is 175 g/mol. The summed E-state index contributed by atoms with van der Waals surface area (Å²) in [7, 11) is 0. The van der Waals surface area contributed by atoms with Crippen molar-refractivity contribution in [3.63, 3.8) is 0 Å². The summed E-state index contributed by atoms with van der Waals surface area (Å²) in [6.45, 7) is 0. The molecule has 1 aromatic heterocycles. The third-order valence-electron chi connectivity index (χ3n) is 1.05. The van der Waals surface area contributed by atoms with Crippen molar-refractivity contribution in [2.24, 2.45) is 0 Å². The minimum atomic E-state index is -1.35. The van der Waals surface area contributed by atoms with Gasteiger partial charge in [-0.1, -0.05) is 11.6 Å². The van der Waals surface area contributed by atoms with E-state index in [1.807, 2.05) is 0 Å². The first-order chi connectivity index (χ1) is 5.11. The van der Waals surface area contributed by atoms with Crippen LogP contribution in [0, 0.1) is 5.82 Å². The summed E-state index contributed by atoms with van der Waals surface area (Å²) in [5.41, 5.74) is -0.468. The van der Waals surface area contributed by atoms with Crippen LogP contribution in [0.3, 0.4) is 0 Å². The maximum Gasteiger partial charge on any atom is 0.338 e. The molecule has 0 aliphatic rings. The highest BCUT2D eigenvalue weighted by molar-refractivity contribution is 6.29. The van der Waals surface area contributed by atoms with Crippen LogP contribution in [0.5, 0.6) is 0 Å². The second-order valence-electron chi connectivity index (χ2n) is 1.79. The molecule has 3 nitrogen and oxygen atoms in total. The topological polar surface area (TPSA) is 50.2 Å². The molecule has 0 spiro atoms. The minimum Gasteiger partial charge on any atom is -0.478 e. The predicted octanol–water partition coefficient (Wildman–Crippen LogP) is 1.57. The van der Waals surface area contributed by atoms with E-state index in [4.69, 9.17) is 16.7 Å². The van der Waals surface area contributed by atoms with Gasteiger partial charge in [-0.3, -0.25) is 0 Å². The molecule has 5 heteroatoms. The van der Waals surface area contributed by atoms with Crippen LogP contribution in [0.4, 0.5) is 4.39 Å².